The number of aryl methyl sites for hydroxylation is 1. The van der Waals surface area contributed by atoms with Crippen LogP contribution in [0, 0.1) is 6.92 Å². The third-order valence-electron chi connectivity index (χ3n) is 3.10. The van der Waals surface area contributed by atoms with Crippen molar-refractivity contribution in [1.82, 2.24) is 4.90 Å². The number of nitrogens with zero attached hydrogens (tertiary/aromatic N) is 2. The number of urea groups is 1. The molecule has 1 aromatic rings. The van der Waals surface area contributed by atoms with Crippen LogP contribution >= 0.6 is 11.6 Å². The molecule has 1 fully saturated rings. The van der Waals surface area contributed by atoms with E-state index in [1.54, 1.807) is 18.2 Å². The normalized spacial score (nSPS) is 19.5. The minimum Gasteiger partial charge on any atom is -0.480 e. The Labute approximate surface area is 110 Å². The molecule has 0 aliphatic carbocycles. The van der Waals surface area contributed by atoms with Crippen molar-refractivity contribution >= 4 is 29.3 Å². The summed E-state index contributed by atoms with van der Waals surface area (Å²) < 4.78 is 0. The number of likely N-dealkylation sites (N-methyl/N-ethyl adjacent to an activating group) is 1. The molecular weight excluding hydrogens is 256 g/mol. The van der Waals surface area contributed by atoms with Crippen molar-refractivity contribution in [2.45, 2.75) is 13.0 Å². The number of hydrogen-bond donors (Lipinski definition) is 1. The maximum Gasteiger partial charge on any atom is 0.328 e. The average molecular weight is 269 g/mol. The van der Waals surface area contributed by atoms with Crippen LogP contribution in [0.2, 0.25) is 5.02 Å². The third kappa shape index (κ3) is 2.01. The number of anilines is 1. The molecule has 1 unspecified atom stereocenters. The Hall–Kier alpha value is -1.75. The molecule has 1 aromatic carbocycles. The highest BCUT2D eigenvalue weighted by atomic mass is 35.5. The van der Waals surface area contributed by atoms with E-state index in [-0.39, 0.29) is 12.6 Å². The second-order valence-electron chi connectivity index (χ2n) is 4.29. The van der Waals surface area contributed by atoms with E-state index in [1.807, 2.05) is 6.92 Å². The summed E-state index contributed by atoms with van der Waals surface area (Å²) >= 11 is 5.91. The zero-order chi connectivity index (χ0) is 13.4. The van der Waals surface area contributed by atoms with E-state index in [9.17, 15) is 9.59 Å². The number of carbonyl (C=O) groups is 2. The lowest BCUT2D eigenvalue weighted by atomic mass is 10.2. The van der Waals surface area contributed by atoms with Crippen LogP contribution < -0.4 is 4.90 Å². The van der Waals surface area contributed by atoms with Crippen LogP contribution in [0.4, 0.5) is 10.5 Å². The highest BCUT2D eigenvalue weighted by Gasteiger charge is 2.40. The lowest BCUT2D eigenvalue weighted by Crippen LogP contribution is -2.36. The molecule has 0 spiro atoms. The van der Waals surface area contributed by atoms with E-state index in [4.69, 9.17) is 16.7 Å². The van der Waals surface area contributed by atoms with Gasteiger partial charge in [0.1, 0.15) is 6.04 Å². The second kappa shape index (κ2) is 4.49. The maximum atomic E-state index is 12.0. The number of hydrogen-bond acceptors (Lipinski definition) is 2. The summed E-state index contributed by atoms with van der Waals surface area (Å²) in [6.07, 6.45) is 0. The second-order valence-corrected chi connectivity index (χ2v) is 4.73. The topological polar surface area (TPSA) is 60.9 Å². The molecule has 1 saturated heterocycles. The highest BCUT2D eigenvalue weighted by molar-refractivity contribution is 6.31. The summed E-state index contributed by atoms with van der Waals surface area (Å²) in [5.74, 6) is -1.01. The Balaban J connectivity index is 2.38. The molecule has 96 valence electrons. The van der Waals surface area contributed by atoms with Gasteiger partial charge in [-0.3, -0.25) is 4.90 Å². The Bertz CT molecular complexity index is 518. The molecule has 1 N–H and O–H groups in total. The van der Waals surface area contributed by atoms with Gasteiger partial charge in [-0.1, -0.05) is 17.7 Å². The molecule has 2 rings (SSSR count). The van der Waals surface area contributed by atoms with Crippen molar-refractivity contribution in [3.05, 3.63) is 28.8 Å². The van der Waals surface area contributed by atoms with E-state index in [1.165, 1.54) is 16.8 Å². The van der Waals surface area contributed by atoms with Gasteiger partial charge in [0.05, 0.1) is 6.54 Å². The Morgan fingerprint density at radius 3 is 2.72 bits per heavy atom. The van der Waals surface area contributed by atoms with Crippen LogP contribution in [0.3, 0.4) is 0 Å². The van der Waals surface area contributed by atoms with Gasteiger partial charge in [0, 0.05) is 17.8 Å². The van der Waals surface area contributed by atoms with Gasteiger partial charge in [0.25, 0.3) is 0 Å². The largest absolute Gasteiger partial charge is 0.480 e. The number of rotatable bonds is 2. The van der Waals surface area contributed by atoms with Gasteiger partial charge in [-0.15, -0.1) is 0 Å². The summed E-state index contributed by atoms with van der Waals surface area (Å²) in [4.78, 5) is 25.7. The summed E-state index contributed by atoms with van der Waals surface area (Å²) in [5.41, 5.74) is 1.54. The fraction of sp³-hybridized carbons (Fsp3) is 0.333. The van der Waals surface area contributed by atoms with Crippen molar-refractivity contribution in [2.24, 2.45) is 0 Å². The van der Waals surface area contributed by atoms with E-state index in [2.05, 4.69) is 0 Å². The molecular formula is C12H13ClN2O3. The first-order valence-electron chi connectivity index (χ1n) is 5.45. The molecule has 1 aliphatic heterocycles. The average Bonchev–Trinajstić information content (AvgIpc) is 2.60. The van der Waals surface area contributed by atoms with Crippen molar-refractivity contribution < 1.29 is 14.7 Å². The lowest BCUT2D eigenvalue weighted by molar-refractivity contribution is -0.140. The molecule has 1 atom stereocenters. The first-order valence-corrected chi connectivity index (χ1v) is 5.83. The van der Waals surface area contributed by atoms with Crippen molar-refractivity contribution in [1.29, 1.82) is 0 Å². The van der Waals surface area contributed by atoms with Crippen LogP contribution in [0.25, 0.3) is 0 Å². The van der Waals surface area contributed by atoms with Crippen LogP contribution in [0.5, 0.6) is 0 Å². The van der Waals surface area contributed by atoms with Crippen molar-refractivity contribution in [3.63, 3.8) is 0 Å². The molecule has 1 aliphatic rings. The Morgan fingerprint density at radius 1 is 1.50 bits per heavy atom. The molecule has 1 heterocycles. The number of carboxylic acid groups (broad SMARTS) is 1. The van der Waals surface area contributed by atoms with Gasteiger partial charge in [-0.25, -0.2) is 9.59 Å². The standard InChI is InChI=1S/C12H13ClN2O3/c1-7-3-4-8(13)5-9(7)15-6-10(11(16)17)14(2)12(15)18/h3-5,10H,6H2,1-2H3,(H,16,17). The first-order chi connectivity index (χ1) is 8.41. The summed E-state index contributed by atoms with van der Waals surface area (Å²) in [6.45, 7) is 1.99. The Kier molecular flexibility index (Phi) is 3.17. The number of carbonyl (C=O) groups excluding carboxylic acids is 1. The molecule has 5 nitrogen and oxygen atoms in total. The zero-order valence-corrected chi connectivity index (χ0v) is 10.8. The van der Waals surface area contributed by atoms with Crippen LogP contribution in [-0.2, 0) is 4.79 Å². The number of carboxylic acids is 1. The smallest absolute Gasteiger partial charge is 0.328 e. The van der Waals surface area contributed by atoms with Crippen molar-refractivity contribution in [3.8, 4) is 0 Å². The van der Waals surface area contributed by atoms with Gasteiger partial charge >= 0.3 is 12.0 Å². The van der Waals surface area contributed by atoms with E-state index >= 15 is 0 Å². The quantitative estimate of drug-likeness (QED) is 0.892. The van der Waals surface area contributed by atoms with Gasteiger partial charge < -0.3 is 10.0 Å². The van der Waals surface area contributed by atoms with Gasteiger partial charge in [-0.2, -0.15) is 0 Å². The zero-order valence-electron chi connectivity index (χ0n) is 10.1. The monoisotopic (exact) mass is 268 g/mol. The maximum absolute atomic E-state index is 12.0. The van der Waals surface area contributed by atoms with Crippen molar-refractivity contribution in [2.75, 3.05) is 18.5 Å². The Morgan fingerprint density at radius 2 is 2.17 bits per heavy atom. The summed E-state index contributed by atoms with van der Waals surface area (Å²) in [5, 5.41) is 9.56. The van der Waals surface area contributed by atoms with Gasteiger partial charge in [0.2, 0.25) is 0 Å². The van der Waals surface area contributed by atoms with Gasteiger partial charge in [-0.05, 0) is 24.6 Å². The first kappa shape index (κ1) is 12.7. The van der Waals surface area contributed by atoms with E-state index in [0.717, 1.165) is 5.56 Å². The number of halogens is 1. The minimum atomic E-state index is -1.01. The van der Waals surface area contributed by atoms with Gasteiger partial charge in [0.15, 0.2) is 0 Å². The molecule has 2 amide bonds. The molecule has 6 heteroatoms. The lowest BCUT2D eigenvalue weighted by Gasteiger charge is -2.18. The van der Waals surface area contributed by atoms with E-state index < -0.39 is 12.0 Å². The number of aliphatic carboxylic acids is 1. The molecule has 0 saturated carbocycles. The minimum absolute atomic E-state index is 0.131. The molecule has 0 bridgehead atoms. The summed E-state index contributed by atoms with van der Waals surface area (Å²) in [6, 6.07) is 4.06. The number of amides is 2. The van der Waals surface area contributed by atoms with Crippen LogP contribution in [-0.4, -0.2) is 41.6 Å². The molecule has 0 aromatic heterocycles. The third-order valence-corrected chi connectivity index (χ3v) is 3.34. The predicted molar refractivity (Wildman–Crippen MR) is 68.1 cm³/mol. The fourth-order valence-electron chi connectivity index (χ4n) is 2.02. The predicted octanol–water partition coefficient (Wildman–Crippen LogP) is 1.97. The SMILES string of the molecule is Cc1ccc(Cl)cc1N1CC(C(=O)O)N(C)C1=O. The fourth-order valence-corrected chi connectivity index (χ4v) is 2.18. The molecule has 0 radical (unpaired) electrons. The van der Waals surface area contributed by atoms with E-state index in [0.29, 0.717) is 10.7 Å². The van der Waals surface area contributed by atoms with Crippen LogP contribution in [0.15, 0.2) is 18.2 Å². The highest BCUT2D eigenvalue weighted by Crippen LogP contribution is 2.28. The number of benzene rings is 1. The van der Waals surface area contributed by atoms with Crippen LogP contribution in [0.1, 0.15) is 5.56 Å². The summed E-state index contributed by atoms with van der Waals surface area (Å²) in [7, 11) is 1.49. The molecule has 18 heavy (non-hydrogen) atoms.